The fourth-order valence-corrected chi connectivity index (χ4v) is 1.22. The second kappa shape index (κ2) is 3.91. The number of amides is 1. The number of nitrogens with zero attached hydrogens (tertiary/aromatic N) is 3. The largest absolute Gasteiger partial charge is 0.296 e. The number of carbonyl (C=O) groups excluding carboxylic acids is 1. The van der Waals surface area contributed by atoms with Crippen molar-refractivity contribution in [2.24, 2.45) is 0 Å². The van der Waals surface area contributed by atoms with E-state index in [-0.39, 0.29) is 5.91 Å². The molecule has 2 aromatic rings. The number of anilines is 1. The first-order valence-corrected chi connectivity index (χ1v) is 4.47. The smallest absolute Gasteiger partial charge is 0.262 e. The lowest BCUT2D eigenvalue weighted by Crippen LogP contribution is -2.26. The topological polar surface area (TPSA) is 61.9 Å². The molecule has 15 heavy (non-hydrogen) atoms. The lowest BCUT2D eigenvalue weighted by molar-refractivity contribution is 0.0992. The highest BCUT2D eigenvalue weighted by atomic mass is 16.2. The van der Waals surface area contributed by atoms with Crippen molar-refractivity contribution in [3.63, 3.8) is 0 Å². The first-order chi connectivity index (χ1) is 7.29. The predicted molar refractivity (Wildman–Crippen MR) is 55.6 cm³/mol. The molecule has 0 radical (unpaired) electrons. The number of nitrogens with one attached hydrogen (secondary N) is 1. The SMILES string of the molecule is CN(C(=O)c1cn[nH]c1)c1ccccn1. The summed E-state index contributed by atoms with van der Waals surface area (Å²) in [6.45, 7) is 0. The van der Waals surface area contributed by atoms with Crippen LogP contribution >= 0.6 is 0 Å². The zero-order valence-electron chi connectivity index (χ0n) is 8.21. The highest BCUT2D eigenvalue weighted by molar-refractivity contribution is 6.04. The van der Waals surface area contributed by atoms with Gasteiger partial charge in [0, 0.05) is 19.4 Å². The van der Waals surface area contributed by atoms with Crippen LogP contribution in [0.15, 0.2) is 36.8 Å². The van der Waals surface area contributed by atoms with Crippen molar-refractivity contribution >= 4 is 11.7 Å². The fraction of sp³-hybridized carbons (Fsp3) is 0.100. The zero-order chi connectivity index (χ0) is 10.7. The van der Waals surface area contributed by atoms with Crippen LogP contribution in [0.3, 0.4) is 0 Å². The third-order valence-corrected chi connectivity index (χ3v) is 2.04. The van der Waals surface area contributed by atoms with Gasteiger partial charge in [0.25, 0.3) is 5.91 Å². The van der Waals surface area contributed by atoms with Crippen LogP contribution in [0, 0.1) is 0 Å². The molecule has 5 nitrogen and oxygen atoms in total. The summed E-state index contributed by atoms with van der Waals surface area (Å²) >= 11 is 0. The van der Waals surface area contributed by atoms with Crippen molar-refractivity contribution in [2.45, 2.75) is 0 Å². The summed E-state index contributed by atoms with van der Waals surface area (Å²) in [6.07, 6.45) is 4.69. The minimum atomic E-state index is -0.137. The second-order valence-electron chi connectivity index (χ2n) is 3.04. The third kappa shape index (κ3) is 1.85. The molecule has 0 aliphatic rings. The van der Waals surface area contributed by atoms with E-state index < -0.39 is 0 Å². The van der Waals surface area contributed by atoms with Crippen molar-refractivity contribution in [2.75, 3.05) is 11.9 Å². The number of hydrogen-bond acceptors (Lipinski definition) is 3. The molecule has 1 N–H and O–H groups in total. The van der Waals surface area contributed by atoms with E-state index in [0.29, 0.717) is 11.4 Å². The fourth-order valence-electron chi connectivity index (χ4n) is 1.22. The number of pyridine rings is 1. The van der Waals surface area contributed by atoms with Crippen molar-refractivity contribution in [3.05, 3.63) is 42.4 Å². The van der Waals surface area contributed by atoms with Crippen LogP contribution in [0.2, 0.25) is 0 Å². The van der Waals surface area contributed by atoms with Crippen molar-refractivity contribution in [1.29, 1.82) is 0 Å². The number of carbonyl (C=O) groups is 1. The Kier molecular flexibility index (Phi) is 2.45. The van der Waals surface area contributed by atoms with Gasteiger partial charge in [-0.2, -0.15) is 5.10 Å². The monoisotopic (exact) mass is 202 g/mol. The summed E-state index contributed by atoms with van der Waals surface area (Å²) in [6, 6.07) is 5.42. The Morgan fingerprint density at radius 1 is 1.47 bits per heavy atom. The van der Waals surface area contributed by atoms with Gasteiger partial charge in [0.1, 0.15) is 5.82 Å². The first-order valence-electron chi connectivity index (χ1n) is 4.47. The molecule has 0 spiro atoms. The molecule has 0 bridgehead atoms. The summed E-state index contributed by atoms with van der Waals surface area (Å²) in [4.78, 5) is 17.4. The van der Waals surface area contributed by atoms with E-state index in [2.05, 4.69) is 15.2 Å². The van der Waals surface area contributed by atoms with Gasteiger partial charge in [0.2, 0.25) is 0 Å². The lowest BCUT2D eigenvalue weighted by atomic mass is 10.3. The minimum Gasteiger partial charge on any atom is -0.296 e. The molecule has 76 valence electrons. The van der Waals surface area contributed by atoms with E-state index in [4.69, 9.17) is 0 Å². The van der Waals surface area contributed by atoms with Crippen LogP contribution < -0.4 is 4.90 Å². The number of hydrogen-bond donors (Lipinski definition) is 1. The van der Waals surface area contributed by atoms with Gasteiger partial charge in [0.15, 0.2) is 0 Å². The molecule has 2 aromatic heterocycles. The Balaban J connectivity index is 2.23. The Labute approximate surface area is 86.8 Å². The van der Waals surface area contributed by atoms with Gasteiger partial charge in [-0.1, -0.05) is 6.07 Å². The molecule has 0 aromatic carbocycles. The Bertz CT molecular complexity index is 438. The predicted octanol–water partition coefficient (Wildman–Crippen LogP) is 1.08. The average Bonchev–Trinajstić information content (AvgIpc) is 2.82. The van der Waals surface area contributed by atoms with E-state index in [1.165, 1.54) is 11.1 Å². The van der Waals surface area contributed by atoms with Crippen LogP contribution in [0.25, 0.3) is 0 Å². The van der Waals surface area contributed by atoms with Gasteiger partial charge in [-0.3, -0.25) is 14.8 Å². The van der Waals surface area contributed by atoms with Crippen molar-refractivity contribution < 1.29 is 4.79 Å². The first kappa shape index (κ1) is 9.39. The molecule has 2 rings (SSSR count). The van der Waals surface area contributed by atoms with Gasteiger partial charge in [-0.05, 0) is 12.1 Å². The zero-order valence-corrected chi connectivity index (χ0v) is 8.21. The van der Waals surface area contributed by atoms with Crippen molar-refractivity contribution in [1.82, 2.24) is 15.2 Å². The molecule has 0 fully saturated rings. The van der Waals surface area contributed by atoms with Crippen LogP contribution in [-0.4, -0.2) is 28.1 Å². The normalized spacial score (nSPS) is 9.93. The Hall–Kier alpha value is -2.17. The van der Waals surface area contributed by atoms with Gasteiger partial charge in [0.05, 0.1) is 11.8 Å². The van der Waals surface area contributed by atoms with Crippen LogP contribution in [0.5, 0.6) is 0 Å². The lowest BCUT2D eigenvalue weighted by Gasteiger charge is -2.14. The number of rotatable bonds is 2. The maximum Gasteiger partial charge on any atom is 0.262 e. The van der Waals surface area contributed by atoms with Gasteiger partial charge in [-0.15, -0.1) is 0 Å². The molecule has 0 saturated carbocycles. The Morgan fingerprint density at radius 2 is 2.33 bits per heavy atom. The summed E-state index contributed by atoms with van der Waals surface area (Å²) in [7, 11) is 1.68. The highest BCUT2D eigenvalue weighted by Gasteiger charge is 2.14. The summed E-state index contributed by atoms with van der Waals surface area (Å²) < 4.78 is 0. The molecule has 2 heterocycles. The summed E-state index contributed by atoms with van der Waals surface area (Å²) in [5.41, 5.74) is 0.517. The van der Waals surface area contributed by atoms with E-state index in [9.17, 15) is 4.79 Å². The Morgan fingerprint density at radius 3 is 2.93 bits per heavy atom. The molecule has 0 saturated heterocycles. The van der Waals surface area contributed by atoms with E-state index in [1.807, 2.05) is 6.07 Å². The second-order valence-corrected chi connectivity index (χ2v) is 3.04. The number of H-pyrrole nitrogens is 1. The molecular formula is C10H10N4O. The van der Waals surface area contributed by atoms with Gasteiger partial charge >= 0.3 is 0 Å². The standard InChI is InChI=1S/C10H10N4O/c1-14(9-4-2-3-5-11-9)10(15)8-6-12-13-7-8/h2-7H,1H3,(H,12,13). The quantitative estimate of drug-likeness (QED) is 0.792. The molecule has 0 aliphatic heterocycles. The molecule has 0 unspecified atom stereocenters. The minimum absolute atomic E-state index is 0.137. The molecule has 5 heteroatoms. The van der Waals surface area contributed by atoms with Crippen LogP contribution in [-0.2, 0) is 0 Å². The third-order valence-electron chi connectivity index (χ3n) is 2.04. The molecule has 1 amide bonds. The number of aromatic amines is 1. The summed E-state index contributed by atoms with van der Waals surface area (Å²) in [5.74, 6) is 0.478. The van der Waals surface area contributed by atoms with Gasteiger partial charge < -0.3 is 0 Å². The van der Waals surface area contributed by atoms with E-state index in [0.717, 1.165) is 0 Å². The maximum atomic E-state index is 11.8. The van der Waals surface area contributed by atoms with Crippen LogP contribution in [0.1, 0.15) is 10.4 Å². The average molecular weight is 202 g/mol. The molecular weight excluding hydrogens is 192 g/mol. The van der Waals surface area contributed by atoms with E-state index in [1.54, 1.807) is 31.6 Å². The maximum absolute atomic E-state index is 11.8. The van der Waals surface area contributed by atoms with Gasteiger partial charge in [-0.25, -0.2) is 4.98 Å². The highest BCUT2D eigenvalue weighted by Crippen LogP contribution is 2.10. The molecule has 0 atom stereocenters. The van der Waals surface area contributed by atoms with E-state index >= 15 is 0 Å². The summed E-state index contributed by atoms with van der Waals surface area (Å²) in [5, 5.41) is 6.33. The number of aromatic nitrogens is 3. The van der Waals surface area contributed by atoms with Crippen molar-refractivity contribution in [3.8, 4) is 0 Å². The van der Waals surface area contributed by atoms with Crippen LogP contribution in [0.4, 0.5) is 5.82 Å². The molecule has 0 aliphatic carbocycles.